The highest BCUT2D eigenvalue weighted by atomic mass is 127. The van der Waals surface area contributed by atoms with E-state index in [2.05, 4.69) is 39.9 Å². The van der Waals surface area contributed by atoms with Gasteiger partial charge in [0.1, 0.15) is 5.76 Å². The van der Waals surface area contributed by atoms with Gasteiger partial charge in [0.15, 0.2) is 11.7 Å². The predicted molar refractivity (Wildman–Crippen MR) is 105 cm³/mol. The van der Waals surface area contributed by atoms with Crippen molar-refractivity contribution in [2.75, 3.05) is 13.6 Å². The largest absolute Gasteiger partial charge is 0.467 e. The van der Waals surface area contributed by atoms with Gasteiger partial charge in [-0.15, -0.1) is 24.0 Å². The minimum atomic E-state index is -0.156. The number of amides is 1. The number of aliphatic imine (C=N–C) groups is 1. The first-order chi connectivity index (χ1) is 11.6. The van der Waals surface area contributed by atoms with E-state index in [0.29, 0.717) is 36.5 Å². The van der Waals surface area contributed by atoms with Gasteiger partial charge in [0.25, 0.3) is 0 Å². The van der Waals surface area contributed by atoms with Crippen LogP contribution in [-0.4, -0.2) is 30.6 Å². The van der Waals surface area contributed by atoms with E-state index in [1.807, 2.05) is 6.07 Å². The topological polar surface area (TPSA) is 105 Å². The first-order valence-electron chi connectivity index (χ1n) is 7.77. The first kappa shape index (κ1) is 21.0. The fourth-order valence-corrected chi connectivity index (χ4v) is 1.90. The molecule has 25 heavy (non-hydrogen) atoms. The van der Waals surface area contributed by atoms with E-state index in [0.717, 1.165) is 5.69 Å². The van der Waals surface area contributed by atoms with Crippen molar-refractivity contribution in [3.05, 3.63) is 41.7 Å². The number of aromatic nitrogens is 1. The standard InChI is InChI=1S/C16H23N5O3.HI/c1-11(2)14-7-13(24-21-14)9-19-16(17-3)20-10-15(22)18-8-12-5-4-6-23-12;/h4-7,11H,8-10H2,1-3H3,(H,18,22)(H2,17,19,20);1H. The van der Waals surface area contributed by atoms with Gasteiger partial charge in [0.05, 0.1) is 31.6 Å². The maximum Gasteiger partial charge on any atom is 0.239 e. The molecule has 0 aliphatic heterocycles. The second kappa shape index (κ2) is 10.7. The van der Waals surface area contributed by atoms with Gasteiger partial charge in [-0.1, -0.05) is 19.0 Å². The smallest absolute Gasteiger partial charge is 0.239 e. The van der Waals surface area contributed by atoms with E-state index in [1.165, 1.54) is 0 Å². The molecule has 0 fully saturated rings. The van der Waals surface area contributed by atoms with Crippen LogP contribution in [0.1, 0.15) is 37.0 Å². The van der Waals surface area contributed by atoms with E-state index in [-0.39, 0.29) is 36.4 Å². The summed E-state index contributed by atoms with van der Waals surface area (Å²) >= 11 is 0. The SMILES string of the molecule is CN=C(NCC(=O)NCc1ccco1)NCc1cc(C(C)C)no1.I. The Morgan fingerprint density at radius 1 is 1.24 bits per heavy atom. The molecule has 2 heterocycles. The summed E-state index contributed by atoms with van der Waals surface area (Å²) in [5.41, 5.74) is 0.909. The van der Waals surface area contributed by atoms with Gasteiger partial charge in [-0.3, -0.25) is 9.79 Å². The molecule has 0 aromatic carbocycles. The Balaban J connectivity index is 0.00000312. The molecule has 2 rings (SSSR count). The zero-order valence-electron chi connectivity index (χ0n) is 14.5. The third kappa shape index (κ3) is 7.16. The molecule has 8 nitrogen and oxygen atoms in total. The Morgan fingerprint density at radius 2 is 2.00 bits per heavy atom. The number of nitrogens with one attached hydrogen (secondary N) is 3. The summed E-state index contributed by atoms with van der Waals surface area (Å²) in [4.78, 5) is 15.8. The van der Waals surface area contributed by atoms with Crippen molar-refractivity contribution in [1.82, 2.24) is 21.1 Å². The van der Waals surface area contributed by atoms with Crippen molar-refractivity contribution in [2.45, 2.75) is 32.9 Å². The molecule has 0 bridgehead atoms. The summed E-state index contributed by atoms with van der Waals surface area (Å²) in [5.74, 6) is 2.08. The summed E-state index contributed by atoms with van der Waals surface area (Å²) in [7, 11) is 1.63. The molecule has 0 spiro atoms. The molecular formula is C16H24IN5O3. The molecule has 0 saturated carbocycles. The van der Waals surface area contributed by atoms with Gasteiger partial charge in [0.2, 0.25) is 5.91 Å². The molecule has 138 valence electrons. The second-order valence-corrected chi connectivity index (χ2v) is 5.51. The Bertz CT molecular complexity index is 667. The molecule has 2 aromatic heterocycles. The van der Waals surface area contributed by atoms with Crippen LogP contribution in [0.15, 0.2) is 38.4 Å². The average molecular weight is 461 g/mol. The average Bonchev–Trinajstić information content (AvgIpc) is 3.24. The third-order valence-corrected chi connectivity index (χ3v) is 3.28. The summed E-state index contributed by atoms with van der Waals surface area (Å²) in [6.45, 7) is 5.00. The van der Waals surface area contributed by atoms with Crippen LogP contribution >= 0.6 is 24.0 Å². The molecule has 0 saturated heterocycles. The van der Waals surface area contributed by atoms with Gasteiger partial charge < -0.3 is 24.9 Å². The number of rotatable bonds is 7. The first-order valence-corrected chi connectivity index (χ1v) is 7.77. The zero-order chi connectivity index (χ0) is 17.4. The molecule has 0 aliphatic carbocycles. The molecule has 3 N–H and O–H groups in total. The number of carbonyl (C=O) groups excluding carboxylic acids is 1. The van der Waals surface area contributed by atoms with Crippen LogP contribution in [-0.2, 0) is 17.9 Å². The molecule has 9 heteroatoms. The van der Waals surface area contributed by atoms with Crippen molar-refractivity contribution in [3.63, 3.8) is 0 Å². The van der Waals surface area contributed by atoms with Crippen LogP contribution in [0, 0.1) is 0 Å². The van der Waals surface area contributed by atoms with Crippen LogP contribution in [0.4, 0.5) is 0 Å². The number of nitrogens with zero attached hydrogens (tertiary/aromatic N) is 2. The fourth-order valence-electron chi connectivity index (χ4n) is 1.90. The van der Waals surface area contributed by atoms with Crippen LogP contribution in [0.3, 0.4) is 0 Å². The normalized spacial score (nSPS) is 11.1. The van der Waals surface area contributed by atoms with E-state index < -0.39 is 0 Å². The molecular weight excluding hydrogens is 437 g/mol. The van der Waals surface area contributed by atoms with Crippen molar-refractivity contribution in [1.29, 1.82) is 0 Å². The van der Waals surface area contributed by atoms with Crippen LogP contribution in [0.25, 0.3) is 0 Å². The number of furan rings is 1. The predicted octanol–water partition coefficient (Wildman–Crippen LogP) is 1.99. The lowest BCUT2D eigenvalue weighted by atomic mass is 10.1. The van der Waals surface area contributed by atoms with Crippen molar-refractivity contribution < 1.29 is 13.7 Å². The van der Waals surface area contributed by atoms with Crippen LogP contribution < -0.4 is 16.0 Å². The van der Waals surface area contributed by atoms with Crippen molar-refractivity contribution >= 4 is 35.8 Å². The Kier molecular flexibility index (Phi) is 9.03. The number of hydrogen-bond acceptors (Lipinski definition) is 5. The zero-order valence-corrected chi connectivity index (χ0v) is 16.9. The Morgan fingerprint density at radius 3 is 2.60 bits per heavy atom. The van der Waals surface area contributed by atoms with Gasteiger partial charge in [-0.2, -0.15) is 0 Å². The quantitative estimate of drug-likeness (QED) is 0.331. The molecule has 2 aromatic rings. The molecule has 0 radical (unpaired) electrons. The minimum absolute atomic E-state index is 0. The lowest BCUT2D eigenvalue weighted by molar-refractivity contribution is -0.120. The highest BCUT2D eigenvalue weighted by Gasteiger charge is 2.09. The molecule has 1 amide bonds. The minimum Gasteiger partial charge on any atom is -0.467 e. The fraction of sp³-hybridized carbons (Fsp3) is 0.438. The van der Waals surface area contributed by atoms with E-state index >= 15 is 0 Å². The lowest BCUT2D eigenvalue weighted by Gasteiger charge is -2.10. The molecule has 0 atom stereocenters. The number of halogens is 1. The molecule has 0 aliphatic rings. The van der Waals surface area contributed by atoms with Crippen LogP contribution in [0.5, 0.6) is 0 Å². The van der Waals surface area contributed by atoms with Gasteiger partial charge >= 0.3 is 0 Å². The van der Waals surface area contributed by atoms with Gasteiger partial charge in [0, 0.05) is 13.1 Å². The number of guanidine groups is 1. The summed E-state index contributed by atoms with van der Waals surface area (Å²) in [6, 6.07) is 5.48. The third-order valence-electron chi connectivity index (χ3n) is 3.28. The highest BCUT2D eigenvalue weighted by Crippen LogP contribution is 2.13. The Labute approximate surface area is 163 Å². The second-order valence-electron chi connectivity index (χ2n) is 5.51. The highest BCUT2D eigenvalue weighted by molar-refractivity contribution is 14.0. The van der Waals surface area contributed by atoms with Gasteiger partial charge in [-0.25, -0.2) is 0 Å². The summed E-state index contributed by atoms with van der Waals surface area (Å²) in [5, 5.41) is 12.7. The monoisotopic (exact) mass is 461 g/mol. The summed E-state index contributed by atoms with van der Waals surface area (Å²) in [6.07, 6.45) is 1.57. The number of carbonyl (C=O) groups is 1. The maximum absolute atomic E-state index is 11.8. The van der Waals surface area contributed by atoms with Gasteiger partial charge in [-0.05, 0) is 18.1 Å². The van der Waals surface area contributed by atoms with E-state index in [1.54, 1.807) is 25.4 Å². The van der Waals surface area contributed by atoms with E-state index in [4.69, 9.17) is 8.94 Å². The molecule has 0 unspecified atom stereocenters. The van der Waals surface area contributed by atoms with Crippen LogP contribution in [0.2, 0.25) is 0 Å². The maximum atomic E-state index is 11.8. The van der Waals surface area contributed by atoms with Crippen molar-refractivity contribution in [2.24, 2.45) is 4.99 Å². The van der Waals surface area contributed by atoms with E-state index in [9.17, 15) is 4.79 Å². The number of hydrogen-bond donors (Lipinski definition) is 3. The lowest BCUT2D eigenvalue weighted by Crippen LogP contribution is -2.42. The summed E-state index contributed by atoms with van der Waals surface area (Å²) < 4.78 is 10.4. The Hall–Kier alpha value is -2.04. The van der Waals surface area contributed by atoms with Crippen molar-refractivity contribution in [3.8, 4) is 0 Å².